The summed E-state index contributed by atoms with van der Waals surface area (Å²) in [5.41, 5.74) is 0.298. The van der Waals surface area contributed by atoms with Gasteiger partial charge in [0.05, 0.1) is 12.1 Å². The second-order valence-electron chi connectivity index (χ2n) is 4.89. The highest BCUT2D eigenvalue weighted by Gasteiger charge is 2.20. The average Bonchev–Trinajstić information content (AvgIpc) is 3.00. The first kappa shape index (κ1) is 15.6. The molecule has 0 atom stereocenters. The number of aromatic nitrogens is 1. The summed E-state index contributed by atoms with van der Waals surface area (Å²) in [6, 6.07) is 6.53. The molecule has 5 nitrogen and oxygen atoms in total. The topological polar surface area (TPSA) is 79.4 Å². The van der Waals surface area contributed by atoms with Gasteiger partial charge in [0.25, 0.3) is 5.56 Å². The molecule has 118 valence electrons. The van der Waals surface area contributed by atoms with Gasteiger partial charge in [0.2, 0.25) is 0 Å². The number of hydrogen-bond donors (Lipinski definition) is 2. The van der Waals surface area contributed by atoms with Crippen LogP contribution >= 0.6 is 22.9 Å². The van der Waals surface area contributed by atoms with Crippen molar-refractivity contribution in [2.24, 2.45) is 0 Å². The molecule has 0 aliphatic rings. The van der Waals surface area contributed by atoms with Gasteiger partial charge in [-0.05, 0) is 40.6 Å². The molecular formula is C16H12ClNO4S. The normalized spacial score (nSPS) is 10.8. The van der Waals surface area contributed by atoms with Gasteiger partial charge in [0.1, 0.15) is 5.75 Å². The summed E-state index contributed by atoms with van der Waals surface area (Å²) >= 11 is 7.40. The van der Waals surface area contributed by atoms with E-state index in [9.17, 15) is 14.7 Å². The monoisotopic (exact) mass is 349 g/mol. The predicted molar refractivity (Wildman–Crippen MR) is 89.5 cm³/mol. The van der Waals surface area contributed by atoms with Crippen LogP contribution in [-0.2, 0) is 11.2 Å². The van der Waals surface area contributed by atoms with E-state index in [4.69, 9.17) is 16.3 Å². The Bertz CT molecular complexity index is 918. The van der Waals surface area contributed by atoms with Crippen LogP contribution in [0.2, 0.25) is 5.02 Å². The minimum atomic E-state index is -0.851. The van der Waals surface area contributed by atoms with Crippen molar-refractivity contribution in [1.29, 1.82) is 0 Å². The zero-order valence-corrected chi connectivity index (χ0v) is 13.4. The first-order valence-electron chi connectivity index (χ1n) is 6.79. The number of hydrogen-bond acceptors (Lipinski definition) is 5. The molecule has 2 aromatic heterocycles. The maximum Gasteiger partial charge on any atom is 0.347 e. The van der Waals surface area contributed by atoms with E-state index in [0.717, 1.165) is 5.56 Å². The van der Waals surface area contributed by atoms with E-state index in [2.05, 4.69) is 4.98 Å². The summed E-state index contributed by atoms with van der Waals surface area (Å²) in [7, 11) is 0. The van der Waals surface area contributed by atoms with Crippen molar-refractivity contribution in [1.82, 2.24) is 4.98 Å². The Balaban J connectivity index is 1.85. The predicted octanol–water partition coefficient (Wildman–Crippen LogP) is 3.35. The van der Waals surface area contributed by atoms with Gasteiger partial charge in [-0.2, -0.15) is 11.3 Å². The molecule has 2 heterocycles. The number of benzene rings is 1. The second kappa shape index (κ2) is 6.44. The summed E-state index contributed by atoms with van der Waals surface area (Å²) < 4.78 is 5.10. The van der Waals surface area contributed by atoms with E-state index in [0.29, 0.717) is 22.3 Å². The minimum Gasteiger partial charge on any atom is -0.506 e. The standard InChI is InChI=1S/C16H12ClNO4S/c17-10-1-2-11-12(7-10)18-15(20)13(14(11)19)16(21)22-5-3-9-4-6-23-8-9/h1-2,4,6-8H,3,5H2,(H2,18,19,20). The molecule has 1 aromatic carbocycles. The first-order valence-corrected chi connectivity index (χ1v) is 8.11. The van der Waals surface area contributed by atoms with Crippen molar-refractivity contribution >= 4 is 39.8 Å². The molecule has 0 aliphatic heterocycles. The van der Waals surface area contributed by atoms with E-state index in [1.807, 2.05) is 16.8 Å². The van der Waals surface area contributed by atoms with Gasteiger partial charge in [-0.3, -0.25) is 4.79 Å². The molecule has 3 rings (SSSR count). The van der Waals surface area contributed by atoms with E-state index in [1.54, 1.807) is 17.4 Å². The van der Waals surface area contributed by atoms with Gasteiger partial charge in [-0.15, -0.1) is 0 Å². The smallest absolute Gasteiger partial charge is 0.347 e. The fourth-order valence-corrected chi connectivity index (χ4v) is 3.09. The number of nitrogens with one attached hydrogen (secondary N) is 1. The number of aromatic hydroxyl groups is 1. The number of H-pyrrole nitrogens is 1. The fourth-order valence-electron chi connectivity index (χ4n) is 2.21. The van der Waals surface area contributed by atoms with Crippen LogP contribution in [0.1, 0.15) is 15.9 Å². The Hall–Kier alpha value is -2.31. The Morgan fingerprint density at radius 2 is 2.17 bits per heavy atom. The van der Waals surface area contributed by atoms with Crippen molar-refractivity contribution < 1.29 is 14.6 Å². The molecule has 23 heavy (non-hydrogen) atoms. The Morgan fingerprint density at radius 3 is 2.91 bits per heavy atom. The molecule has 0 saturated heterocycles. The maximum atomic E-state index is 12.1. The van der Waals surface area contributed by atoms with E-state index < -0.39 is 22.8 Å². The molecular weight excluding hydrogens is 338 g/mol. The number of fused-ring (bicyclic) bond motifs is 1. The number of carbonyl (C=O) groups is 1. The molecule has 0 aliphatic carbocycles. The maximum absolute atomic E-state index is 12.1. The van der Waals surface area contributed by atoms with Crippen molar-refractivity contribution in [3.8, 4) is 5.75 Å². The number of thiophene rings is 1. The Morgan fingerprint density at radius 1 is 1.35 bits per heavy atom. The lowest BCUT2D eigenvalue weighted by Gasteiger charge is -2.08. The van der Waals surface area contributed by atoms with E-state index in [1.165, 1.54) is 12.1 Å². The third-order valence-corrected chi connectivity index (χ3v) is 4.32. The molecule has 0 saturated carbocycles. The van der Waals surface area contributed by atoms with Crippen molar-refractivity contribution in [2.75, 3.05) is 6.61 Å². The number of rotatable bonds is 4. The lowest BCUT2D eigenvalue weighted by Crippen LogP contribution is -2.20. The number of esters is 1. The molecule has 0 unspecified atom stereocenters. The van der Waals surface area contributed by atoms with Crippen LogP contribution < -0.4 is 5.56 Å². The zero-order chi connectivity index (χ0) is 16.4. The summed E-state index contributed by atoms with van der Waals surface area (Å²) in [4.78, 5) is 26.7. The highest BCUT2D eigenvalue weighted by atomic mass is 35.5. The minimum absolute atomic E-state index is 0.132. The lowest BCUT2D eigenvalue weighted by atomic mass is 10.1. The SMILES string of the molecule is O=C(OCCc1ccsc1)c1c(O)c2ccc(Cl)cc2[nH]c1=O. The zero-order valence-electron chi connectivity index (χ0n) is 11.8. The average molecular weight is 350 g/mol. The van der Waals surface area contributed by atoms with E-state index >= 15 is 0 Å². The van der Waals surface area contributed by atoms with Gasteiger partial charge in [0.15, 0.2) is 5.56 Å². The number of carbonyl (C=O) groups excluding carboxylic acids is 1. The molecule has 2 N–H and O–H groups in total. The number of pyridine rings is 1. The van der Waals surface area contributed by atoms with Crippen molar-refractivity contribution in [3.05, 3.63) is 61.5 Å². The third kappa shape index (κ3) is 3.23. The molecule has 0 bridgehead atoms. The first-order chi connectivity index (χ1) is 11.1. The second-order valence-corrected chi connectivity index (χ2v) is 6.10. The number of ether oxygens (including phenoxy) is 1. The van der Waals surface area contributed by atoms with E-state index in [-0.39, 0.29) is 6.61 Å². The molecule has 0 amide bonds. The Kier molecular flexibility index (Phi) is 4.36. The highest BCUT2D eigenvalue weighted by molar-refractivity contribution is 7.07. The van der Waals surface area contributed by atoms with Crippen LogP contribution in [-0.4, -0.2) is 22.7 Å². The van der Waals surface area contributed by atoms with Gasteiger partial charge in [0, 0.05) is 16.8 Å². The molecule has 0 radical (unpaired) electrons. The summed E-state index contributed by atoms with van der Waals surface area (Å²) in [6.45, 7) is 0.132. The number of halogens is 1. The fraction of sp³-hybridized carbons (Fsp3) is 0.125. The highest BCUT2D eigenvalue weighted by Crippen LogP contribution is 2.27. The molecule has 3 aromatic rings. The molecule has 7 heteroatoms. The van der Waals surface area contributed by atoms with Gasteiger partial charge in [-0.25, -0.2) is 4.79 Å². The largest absolute Gasteiger partial charge is 0.506 e. The van der Waals surface area contributed by atoms with Crippen LogP contribution in [0.5, 0.6) is 5.75 Å². The van der Waals surface area contributed by atoms with Crippen LogP contribution in [0.3, 0.4) is 0 Å². The molecule has 0 spiro atoms. The van der Waals surface area contributed by atoms with Gasteiger partial charge in [-0.1, -0.05) is 11.6 Å². The van der Waals surface area contributed by atoms with Gasteiger partial charge >= 0.3 is 5.97 Å². The van der Waals surface area contributed by atoms with Crippen LogP contribution in [0.25, 0.3) is 10.9 Å². The third-order valence-electron chi connectivity index (χ3n) is 3.36. The van der Waals surface area contributed by atoms with Crippen LogP contribution in [0.4, 0.5) is 0 Å². The van der Waals surface area contributed by atoms with Crippen molar-refractivity contribution in [3.63, 3.8) is 0 Å². The quantitative estimate of drug-likeness (QED) is 0.708. The summed E-state index contributed by atoms with van der Waals surface area (Å²) in [5.74, 6) is -1.25. The van der Waals surface area contributed by atoms with Gasteiger partial charge < -0.3 is 14.8 Å². The summed E-state index contributed by atoms with van der Waals surface area (Å²) in [5, 5.41) is 14.8. The molecule has 0 fully saturated rings. The van der Waals surface area contributed by atoms with Crippen LogP contribution in [0.15, 0.2) is 39.8 Å². The van der Waals surface area contributed by atoms with Crippen LogP contribution in [0, 0.1) is 0 Å². The Labute approximate surface area is 140 Å². The lowest BCUT2D eigenvalue weighted by molar-refractivity contribution is 0.0504. The summed E-state index contributed by atoms with van der Waals surface area (Å²) in [6.07, 6.45) is 0.553. The number of aromatic amines is 1. The van der Waals surface area contributed by atoms with Crippen molar-refractivity contribution in [2.45, 2.75) is 6.42 Å².